The molecule has 1 fully saturated rings. The van der Waals surface area contributed by atoms with Gasteiger partial charge < -0.3 is 10.6 Å². The Morgan fingerprint density at radius 3 is 3.00 bits per heavy atom. The van der Waals surface area contributed by atoms with Crippen LogP contribution < -0.4 is 10.6 Å². The maximum atomic E-state index is 12.7. The number of nitrogens with one attached hydrogen (secondary N) is 3. The molecule has 0 bridgehead atoms. The molecule has 2 aromatic heterocycles. The summed E-state index contributed by atoms with van der Waals surface area (Å²) in [6, 6.07) is 0. The summed E-state index contributed by atoms with van der Waals surface area (Å²) in [6.45, 7) is 3.63. The van der Waals surface area contributed by atoms with E-state index in [9.17, 15) is 4.79 Å². The highest BCUT2D eigenvalue weighted by Gasteiger charge is 2.43. The van der Waals surface area contributed by atoms with E-state index < -0.39 is 0 Å². The molecule has 2 aromatic rings. The Balaban J connectivity index is 1.60. The lowest BCUT2D eigenvalue weighted by Crippen LogP contribution is -2.51. The summed E-state index contributed by atoms with van der Waals surface area (Å²) >= 11 is 1.63. The topological polar surface area (TPSA) is 82.7 Å². The van der Waals surface area contributed by atoms with Crippen molar-refractivity contribution in [2.45, 2.75) is 44.7 Å². The molecular weight excluding hydrogens is 298 g/mol. The fraction of sp³-hybridized carbons (Fsp3) is 0.533. The van der Waals surface area contributed by atoms with Crippen LogP contribution in [0.4, 0.5) is 0 Å². The second-order valence-corrected chi connectivity index (χ2v) is 7.00. The SMILES string of the molecule is Cc1csc(C2(NC(=O)c3n[nH]c4c3CNCC4)CCC2)n1. The molecule has 1 aliphatic carbocycles. The highest BCUT2D eigenvalue weighted by Crippen LogP contribution is 2.42. The first-order valence-corrected chi connectivity index (χ1v) is 8.58. The summed E-state index contributed by atoms with van der Waals surface area (Å²) < 4.78 is 0. The van der Waals surface area contributed by atoms with Gasteiger partial charge in [0.15, 0.2) is 5.69 Å². The number of fused-ring (bicyclic) bond motifs is 1. The van der Waals surface area contributed by atoms with Crippen LogP contribution in [-0.2, 0) is 18.5 Å². The number of amides is 1. The van der Waals surface area contributed by atoms with Crippen LogP contribution in [0.2, 0.25) is 0 Å². The summed E-state index contributed by atoms with van der Waals surface area (Å²) in [5.74, 6) is -0.0891. The van der Waals surface area contributed by atoms with Crippen LogP contribution >= 0.6 is 11.3 Å². The average Bonchev–Trinajstić information content (AvgIpc) is 3.09. The standard InChI is InChI=1S/C15H19N5OS/c1-9-8-22-14(17-9)15(4-2-5-15)18-13(21)12-10-7-16-6-3-11(10)19-20-12/h8,16H,2-7H2,1H3,(H,18,21)(H,19,20). The number of hydrogen-bond donors (Lipinski definition) is 3. The van der Waals surface area contributed by atoms with Gasteiger partial charge in [-0.25, -0.2) is 4.98 Å². The molecule has 7 heteroatoms. The third-order valence-electron chi connectivity index (χ3n) is 4.61. The maximum absolute atomic E-state index is 12.7. The first-order chi connectivity index (χ1) is 10.7. The number of thiazole rings is 1. The van der Waals surface area contributed by atoms with Gasteiger partial charge in [0.05, 0.1) is 5.54 Å². The number of aromatic amines is 1. The van der Waals surface area contributed by atoms with Gasteiger partial charge in [0.2, 0.25) is 0 Å². The van der Waals surface area contributed by atoms with Crippen molar-refractivity contribution in [3.05, 3.63) is 33.0 Å². The highest BCUT2D eigenvalue weighted by atomic mass is 32.1. The summed E-state index contributed by atoms with van der Waals surface area (Å²) in [6.07, 6.45) is 3.93. The lowest BCUT2D eigenvalue weighted by molar-refractivity contribution is 0.0816. The zero-order valence-electron chi connectivity index (χ0n) is 12.5. The first kappa shape index (κ1) is 13.9. The Hall–Kier alpha value is -1.73. The summed E-state index contributed by atoms with van der Waals surface area (Å²) in [4.78, 5) is 17.3. The molecule has 22 heavy (non-hydrogen) atoms. The van der Waals surface area contributed by atoms with Crippen molar-refractivity contribution in [2.24, 2.45) is 0 Å². The molecule has 3 N–H and O–H groups in total. The third kappa shape index (κ3) is 2.16. The van der Waals surface area contributed by atoms with Crippen LogP contribution in [0.5, 0.6) is 0 Å². The number of nitrogens with zero attached hydrogens (tertiary/aromatic N) is 2. The smallest absolute Gasteiger partial charge is 0.272 e. The molecular formula is C15H19N5OS. The molecule has 0 spiro atoms. The Kier molecular flexibility index (Phi) is 3.27. The molecule has 0 atom stereocenters. The molecule has 2 aliphatic rings. The molecule has 1 amide bonds. The van der Waals surface area contributed by atoms with Crippen LogP contribution in [-0.4, -0.2) is 27.6 Å². The Morgan fingerprint density at radius 2 is 2.32 bits per heavy atom. The zero-order valence-corrected chi connectivity index (χ0v) is 13.3. The van der Waals surface area contributed by atoms with Crippen molar-refractivity contribution in [1.82, 2.24) is 25.8 Å². The predicted molar refractivity (Wildman–Crippen MR) is 83.8 cm³/mol. The lowest BCUT2D eigenvalue weighted by atomic mass is 9.77. The van der Waals surface area contributed by atoms with Crippen LogP contribution in [0.15, 0.2) is 5.38 Å². The van der Waals surface area contributed by atoms with Crippen molar-refractivity contribution in [3.8, 4) is 0 Å². The Labute approximate surface area is 132 Å². The molecule has 116 valence electrons. The van der Waals surface area contributed by atoms with E-state index in [4.69, 9.17) is 0 Å². The van der Waals surface area contributed by atoms with Crippen LogP contribution in [0.1, 0.15) is 51.7 Å². The lowest BCUT2D eigenvalue weighted by Gasteiger charge is -2.40. The minimum atomic E-state index is -0.288. The van der Waals surface area contributed by atoms with E-state index in [-0.39, 0.29) is 11.4 Å². The van der Waals surface area contributed by atoms with Gasteiger partial charge in [0.1, 0.15) is 5.01 Å². The van der Waals surface area contributed by atoms with E-state index in [0.717, 1.165) is 54.2 Å². The average molecular weight is 317 g/mol. The van der Waals surface area contributed by atoms with Crippen molar-refractivity contribution in [1.29, 1.82) is 0 Å². The Bertz CT molecular complexity index is 715. The van der Waals surface area contributed by atoms with E-state index in [1.807, 2.05) is 12.3 Å². The van der Waals surface area contributed by atoms with E-state index >= 15 is 0 Å². The minimum absolute atomic E-state index is 0.0891. The fourth-order valence-electron chi connectivity index (χ4n) is 3.19. The van der Waals surface area contributed by atoms with Crippen molar-refractivity contribution < 1.29 is 4.79 Å². The quantitative estimate of drug-likeness (QED) is 0.803. The van der Waals surface area contributed by atoms with Crippen LogP contribution in [0.3, 0.4) is 0 Å². The number of rotatable bonds is 3. The van der Waals surface area contributed by atoms with Gasteiger partial charge in [-0.15, -0.1) is 11.3 Å². The number of hydrogen-bond acceptors (Lipinski definition) is 5. The summed E-state index contributed by atoms with van der Waals surface area (Å²) in [5, 5.41) is 16.8. The van der Waals surface area contributed by atoms with E-state index in [1.165, 1.54) is 0 Å². The number of carbonyl (C=O) groups is 1. The third-order valence-corrected chi connectivity index (χ3v) is 5.77. The predicted octanol–water partition coefficient (Wildman–Crippen LogP) is 1.63. The number of H-pyrrole nitrogens is 1. The molecule has 1 aliphatic heterocycles. The summed E-state index contributed by atoms with van der Waals surface area (Å²) in [7, 11) is 0. The van der Waals surface area contributed by atoms with Gasteiger partial charge in [-0.2, -0.15) is 5.10 Å². The second kappa shape index (κ2) is 5.17. The van der Waals surface area contributed by atoms with E-state index in [0.29, 0.717) is 12.2 Å². The molecule has 6 nitrogen and oxygen atoms in total. The Morgan fingerprint density at radius 1 is 1.45 bits per heavy atom. The van der Waals surface area contributed by atoms with Crippen molar-refractivity contribution in [3.63, 3.8) is 0 Å². The molecule has 4 rings (SSSR count). The monoisotopic (exact) mass is 317 g/mol. The molecule has 0 unspecified atom stereocenters. The highest BCUT2D eigenvalue weighted by molar-refractivity contribution is 7.09. The molecule has 3 heterocycles. The van der Waals surface area contributed by atoms with Gasteiger partial charge in [-0.05, 0) is 26.2 Å². The number of carbonyl (C=O) groups excluding carboxylic acids is 1. The van der Waals surface area contributed by atoms with Crippen molar-refractivity contribution in [2.75, 3.05) is 6.54 Å². The minimum Gasteiger partial charge on any atom is -0.339 e. The van der Waals surface area contributed by atoms with Gasteiger partial charge in [-0.3, -0.25) is 9.89 Å². The maximum Gasteiger partial charge on any atom is 0.272 e. The largest absolute Gasteiger partial charge is 0.339 e. The normalized spacial score (nSPS) is 19.3. The van der Waals surface area contributed by atoms with Gasteiger partial charge in [0.25, 0.3) is 5.91 Å². The number of aryl methyl sites for hydroxylation is 1. The number of aromatic nitrogens is 3. The second-order valence-electron chi connectivity index (χ2n) is 6.14. The first-order valence-electron chi connectivity index (χ1n) is 7.70. The fourth-order valence-corrected chi connectivity index (χ4v) is 4.20. The molecule has 0 radical (unpaired) electrons. The summed E-state index contributed by atoms with van der Waals surface area (Å²) in [5.41, 5.74) is 3.35. The molecule has 0 saturated heterocycles. The molecule has 0 aromatic carbocycles. The van der Waals surface area contributed by atoms with Crippen LogP contribution in [0.25, 0.3) is 0 Å². The van der Waals surface area contributed by atoms with E-state index in [1.54, 1.807) is 11.3 Å². The molecule has 1 saturated carbocycles. The van der Waals surface area contributed by atoms with Gasteiger partial charge in [-0.1, -0.05) is 0 Å². The van der Waals surface area contributed by atoms with Gasteiger partial charge >= 0.3 is 0 Å². The van der Waals surface area contributed by atoms with Crippen LogP contribution in [0, 0.1) is 6.92 Å². The van der Waals surface area contributed by atoms with Gasteiger partial charge in [0, 0.05) is 41.8 Å². The van der Waals surface area contributed by atoms with Crippen molar-refractivity contribution >= 4 is 17.2 Å². The van der Waals surface area contributed by atoms with E-state index in [2.05, 4.69) is 25.8 Å². The zero-order chi connectivity index (χ0) is 15.2.